The Morgan fingerprint density at radius 2 is 1.83 bits per heavy atom. The minimum absolute atomic E-state index is 0.0875. The summed E-state index contributed by atoms with van der Waals surface area (Å²) >= 11 is 0. The van der Waals surface area contributed by atoms with E-state index >= 15 is 0 Å². The van der Waals surface area contributed by atoms with E-state index in [4.69, 9.17) is 9.47 Å². The second kappa shape index (κ2) is 9.17. The number of para-hydroxylation sites is 2. The van der Waals surface area contributed by atoms with Crippen LogP contribution in [-0.4, -0.2) is 43.3 Å². The van der Waals surface area contributed by atoms with Crippen molar-refractivity contribution in [3.8, 4) is 11.5 Å². The second-order valence-corrected chi connectivity index (χ2v) is 8.89. The highest BCUT2D eigenvalue weighted by atomic mass is 32.2. The summed E-state index contributed by atoms with van der Waals surface area (Å²) in [5.41, 5.74) is 1.82. The average molecular weight is 432 g/mol. The third kappa shape index (κ3) is 5.29. The van der Waals surface area contributed by atoms with Crippen molar-refractivity contribution in [3.63, 3.8) is 0 Å². The number of sulfone groups is 1. The Labute approximate surface area is 175 Å². The van der Waals surface area contributed by atoms with Crippen LogP contribution in [0.1, 0.15) is 19.7 Å². The van der Waals surface area contributed by atoms with Crippen LogP contribution in [0.2, 0.25) is 0 Å². The van der Waals surface area contributed by atoms with E-state index in [1.54, 1.807) is 28.8 Å². The molecule has 0 aliphatic carbocycles. The molecule has 0 fully saturated rings. The fraction of sp³-hybridized carbons (Fsp3) is 0.333. The van der Waals surface area contributed by atoms with Crippen LogP contribution in [0.15, 0.2) is 42.5 Å². The summed E-state index contributed by atoms with van der Waals surface area (Å²) in [6.45, 7) is 4.59. The number of aromatic nitrogens is 2. The van der Waals surface area contributed by atoms with Gasteiger partial charge in [-0.2, -0.15) is 0 Å². The number of anilines is 1. The first-order chi connectivity index (χ1) is 14.3. The van der Waals surface area contributed by atoms with Gasteiger partial charge >= 0.3 is 0 Å². The first-order valence-corrected chi connectivity index (χ1v) is 11.7. The van der Waals surface area contributed by atoms with Gasteiger partial charge in [-0.25, -0.2) is 13.4 Å². The lowest BCUT2D eigenvalue weighted by Crippen LogP contribution is -2.21. The summed E-state index contributed by atoms with van der Waals surface area (Å²) in [6, 6.07) is 12.5. The van der Waals surface area contributed by atoms with Crippen molar-refractivity contribution in [2.45, 2.75) is 26.1 Å². The Bertz CT molecular complexity index is 1150. The van der Waals surface area contributed by atoms with Crippen molar-refractivity contribution < 1.29 is 22.7 Å². The van der Waals surface area contributed by atoms with E-state index in [0.717, 1.165) is 6.26 Å². The molecule has 0 radical (unpaired) electrons. The molecule has 0 atom stereocenters. The van der Waals surface area contributed by atoms with Gasteiger partial charge in [0.25, 0.3) is 0 Å². The van der Waals surface area contributed by atoms with Gasteiger partial charge in [-0.05, 0) is 38.1 Å². The summed E-state index contributed by atoms with van der Waals surface area (Å²) in [6.07, 6.45) is 1.14. The number of nitrogens with zero attached hydrogens (tertiary/aromatic N) is 2. The van der Waals surface area contributed by atoms with Crippen LogP contribution in [0.5, 0.6) is 11.5 Å². The van der Waals surface area contributed by atoms with Gasteiger partial charge in [-0.15, -0.1) is 0 Å². The van der Waals surface area contributed by atoms with E-state index in [9.17, 15) is 13.2 Å². The third-order valence-corrected chi connectivity index (χ3v) is 5.05. The zero-order chi connectivity index (χ0) is 21.7. The highest BCUT2D eigenvalue weighted by molar-refractivity contribution is 7.89. The molecule has 9 heteroatoms. The number of carbonyl (C=O) groups is 1. The quantitative estimate of drug-likeness (QED) is 0.559. The Hall–Kier alpha value is -3.07. The molecule has 1 amide bonds. The molecule has 8 nitrogen and oxygen atoms in total. The molecule has 0 aliphatic heterocycles. The van der Waals surface area contributed by atoms with Crippen molar-refractivity contribution in [2.75, 3.05) is 24.8 Å². The van der Waals surface area contributed by atoms with E-state index in [0.29, 0.717) is 47.3 Å². The van der Waals surface area contributed by atoms with E-state index in [2.05, 4.69) is 10.3 Å². The Morgan fingerprint density at radius 3 is 2.53 bits per heavy atom. The zero-order valence-corrected chi connectivity index (χ0v) is 18.0. The third-order valence-electron chi connectivity index (χ3n) is 4.26. The van der Waals surface area contributed by atoms with Crippen LogP contribution in [-0.2, 0) is 26.9 Å². The first kappa shape index (κ1) is 21.6. The van der Waals surface area contributed by atoms with Gasteiger partial charge in [0.05, 0.1) is 29.9 Å². The molecule has 2 aromatic carbocycles. The molecule has 0 unspecified atom stereocenters. The maximum absolute atomic E-state index is 12.9. The number of hydrogen-bond acceptors (Lipinski definition) is 6. The van der Waals surface area contributed by atoms with Crippen LogP contribution in [0.3, 0.4) is 0 Å². The summed E-state index contributed by atoms with van der Waals surface area (Å²) in [5.74, 6) is 0.881. The summed E-state index contributed by atoms with van der Waals surface area (Å²) in [5, 5.41) is 2.85. The predicted molar refractivity (Wildman–Crippen MR) is 116 cm³/mol. The smallest absolute Gasteiger partial charge is 0.244 e. The highest BCUT2D eigenvalue weighted by Gasteiger charge is 2.18. The van der Waals surface area contributed by atoms with Crippen molar-refractivity contribution in [1.29, 1.82) is 0 Å². The van der Waals surface area contributed by atoms with Crippen LogP contribution in [0, 0.1) is 0 Å². The molecule has 0 spiro atoms. The van der Waals surface area contributed by atoms with E-state index in [-0.39, 0.29) is 18.2 Å². The lowest BCUT2D eigenvalue weighted by molar-refractivity contribution is -0.116. The minimum atomic E-state index is -3.32. The number of carbonyl (C=O) groups excluding carboxylic acids is 1. The standard InChI is InChI=1S/C21H25N3O5S/c1-4-28-15-10-11-19(29-5-2)17(12-15)23-21(25)13-24-18-9-7-6-8-16(18)22-20(24)14-30(3,26)27/h6-12H,4-5,13-14H2,1-3H3,(H,23,25). The molecule has 3 rings (SSSR count). The Balaban J connectivity index is 1.90. The molecule has 1 N–H and O–H groups in total. The Kier molecular flexibility index (Phi) is 6.61. The lowest BCUT2D eigenvalue weighted by Gasteiger charge is -2.14. The van der Waals surface area contributed by atoms with E-state index in [1.807, 2.05) is 32.0 Å². The van der Waals surface area contributed by atoms with Crippen LogP contribution in [0.4, 0.5) is 5.69 Å². The fourth-order valence-electron chi connectivity index (χ4n) is 3.12. The zero-order valence-electron chi connectivity index (χ0n) is 17.2. The molecule has 0 saturated carbocycles. The predicted octanol–water partition coefficient (Wildman–Crippen LogP) is 3.02. The molecule has 30 heavy (non-hydrogen) atoms. The largest absolute Gasteiger partial charge is 0.494 e. The van der Waals surface area contributed by atoms with Gasteiger partial charge in [0.2, 0.25) is 5.91 Å². The number of hydrogen-bond donors (Lipinski definition) is 1. The molecule has 0 aliphatic rings. The second-order valence-electron chi connectivity index (χ2n) is 6.75. The number of imidazole rings is 1. The monoisotopic (exact) mass is 431 g/mol. The van der Waals surface area contributed by atoms with Gasteiger partial charge < -0.3 is 19.4 Å². The van der Waals surface area contributed by atoms with Crippen molar-refractivity contribution in [1.82, 2.24) is 9.55 Å². The normalized spacial score (nSPS) is 11.4. The number of ether oxygens (including phenoxy) is 2. The van der Waals surface area contributed by atoms with Crippen molar-refractivity contribution >= 4 is 32.5 Å². The number of benzene rings is 2. The Morgan fingerprint density at radius 1 is 1.10 bits per heavy atom. The maximum Gasteiger partial charge on any atom is 0.244 e. The number of fused-ring (bicyclic) bond motifs is 1. The lowest BCUT2D eigenvalue weighted by atomic mass is 10.2. The minimum Gasteiger partial charge on any atom is -0.494 e. The van der Waals surface area contributed by atoms with Crippen LogP contribution < -0.4 is 14.8 Å². The summed E-state index contributed by atoms with van der Waals surface area (Å²) < 4.78 is 36.4. The topological polar surface area (TPSA) is 99.5 Å². The molecule has 1 heterocycles. The molecule has 3 aromatic rings. The molecular formula is C21H25N3O5S. The molecule has 0 bridgehead atoms. The van der Waals surface area contributed by atoms with Gasteiger partial charge in [0.15, 0.2) is 9.84 Å². The van der Waals surface area contributed by atoms with Gasteiger partial charge in [0, 0.05) is 12.3 Å². The van der Waals surface area contributed by atoms with E-state index in [1.165, 1.54) is 0 Å². The fourth-order valence-corrected chi connectivity index (χ4v) is 3.81. The maximum atomic E-state index is 12.9. The SMILES string of the molecule is CCOc1ccc(OCC)c(NC(=O)Cn2c(CS(C)(=O)=O)nc3ccccc32)c1. The summed E-state index contributed by atoms with van der Waals surface area (Å²) in [4.78, 5) is 17.3. The van der Waals surface area contributed by atoms with Crippen molar-refractivity contribution in [2.24, 2.45) is 0 Å². The molecule has 1 aromatic heterocycles. The first-order valence-electron chi connectivity index (χ1n) is 9.62. The number of amides is 1. The molecular weight excluding hydrogens is 406 g/mol. The average Bonchev–Trinajstić information content (AvgIpc) is 2.99. The number of nitrogens with one attached hydrogen (secondary N) is 1. The van der Waals surface area contributed by atoms with Gasteiger partial charge in [-0.1, -0.05) is 12.1 Å². The van der Waals surface area contributed by atoms with Crippen LogP contribution in [0.25, 0.3) is 11.0 Å². The number of rotatable bonds is 9. The van der Waals surface area contributed by atoms with E-state index < -0.39 is 9.84 Å². The molecule has 160 valence electrons. The summed E-state index contributed by atoms with van der Waals surface area (Å²) in [7, 11) is -3.32. The van der Waals surface area contributed by atoms with Crippen LogP contribution >= 0.6 is 0 Å². The highest BCUT2D eigenvalue weighted by Crippen LogP contribution is 2.29. The van der Waals surface area contributed by atoms with Gasteiger partial charge in [0.1, 0.15) is 29.6 Å². The molecule has 0 saturated heterocycles. The van der Waals surface area contributed by atoms with Crippen molar-refractivity contribution in [3.05, 3.63) is 48.3 Å². The van der Waals surface area contributed by atoms with Gasteiger partial charge in [-0.3, -0.25) is 4.79 Å².